The predicted octanol–water partition coefficient (Wildman–Crippen LogP) is 4.30. The third kappa shape index (κ3) is 4.29. The Morgan fingerprint density at radius 3 is 2.61 bits per heavy atom. The monoisotopic (exact) mass is 421 g/mol. The zero-order valence-electron chi connectivity index (χ0n) is 17.8. The topological polar surface area (TPSA) is 65.1 Å². The summed E-state index contributed by atoms with van der Waals surface area (Å²) in [5.41, 5.74) is 3.09. The van der Waals surface area contributed by atoms with E-state index in [0.717, 1.165) is 22.4 Å². The van der Waals surface area contributed by atoms with Crippen LogP contribution in [0.15, 0.2) is 60.7 Å². The summed E-state index contributed by atoms with van der Waals surface area (Å²) in [7, 11) is 1.64. The van der Waals surface area contributed by atoms with Gasteiger partial charge in [0.05, 0.1) is 13.7 Å². The number of carbonyl (C=O) groups is 2. The lowest BCUT2D eigenvalue weighted by Crippen LogP contribution is -2.44. The average molecular weight is 421 g/mol. The van der Waals surface area contributed by atoms with Gasteiger partial charge in [0, 0.05) is 18.4 Å². The van der Waals surface area contributed by atoms with Crippen LogP contribution in [0.3, 0.4) is 0 Å². The number of allylic oxidation sites excluding steroid dienone is 1. The summed E-state index contributed by atoms with van der Waals surface area (Å²) in [6.45, 7) is 2.64. The van der Waals surface area contributed by atoms with Crippen LogP contribution in [0, 0.1) is 11.8 Å². The minimum Gasteiger partial charge on any atom is -0.497 e. The van der Waals surface area contributed by atoms with Crippen molar-refractivity contribution < 1.29 is 23.8 Å². The zero-order chi connectivity index (χ0) is 21.8. The molecule has 31 heavy (non-hydrogen) atoms. The number of likely N-dealkylation sites (tertiary alicyclic amines) is 1. The van der Waals surface area contributed by atoms with E-state index in [1.165, 1.54) is 0 Å². The van der Waals surface area contributed by atoms with Gasteiger partial charge in [0.1, 0.15) is 18.4 Å². The van der Waals surface area contributed by atoms with Crippen molar-refractivity contribution in [3.63, 3.8) is 0 Å². The predicted molar refractivity (Wildman–Crippen MR) is 116 cm³/mol. The van der Waals surface area contributed by atoms with Gasteiger partial charge >= 0.3 is 12.1 Å². The van der Waals surface area contributed by atoms with E-state index in [2.05, 4.69) is 6.08 Å². The molecule has 0 N–H and O–H groups in total. The van der Waals surface area contributed by atoms with Gasteiger partial charge in [-0.05, 0) is 42.2 Å². The van der Waals surface area contributed by atoms with Gasteiger partial charge in [0.25, 0.3) is 0 Å². The number of hydrogen-bond acceptors (Lipinski definition) is 5. The van der Waals surface area contributed by atoms with Crippen molar-refractivity contribution in [1.29, 1.82) is 0 Å². The SMILES string of the molecule is CCOC(=O)[C@@H]1[C@H]2CC=C(c3cccc(OC)c3)[C@H]2CN1C(=O)OCc1ccccc1. The van der Waals surface area contributed by atoms with Crippen molar-refractivity contribution in [2.24, 2.45) is 11.8 Å². The number of rotatable bonds is 6. The van der Waals surface area contributed by atoms with Crippen molar-refractivity contribution >= 4 is 17.6 Å². The molecular weight excluding hydrogens is 394 g/mol. The van der Waals surface area contributed by atoms with Crippen LogP contribution < -0.4 is 4.74 Å². The van der Waals surface area contributed by atoms with Crippen LogP contribution in [0.1, 0.15) is 24.5 Å². The second-order valence-electron chi connectivity index (χ2n) is 7.79. The summed E-state index contributed by atoms with van der Waals surface area (Å²) in [5, 5.41) is 0. The maximum atomic E-state index is 13.0. The molecule has 0 aromatic heterocycles. The maximum absolute atomic E-state index is 13.0. The molecule has 0 unspecified atom stereocenters. The Morgan fingerprint density at radius 1 is 1.06 bits per heavy atom. The fourth-order valence-corrected chi connectivity index (χ4v) is 4.60. The third-order valence-electron chi connectivity index (χ3n) is 6.03. The van der Waals surface area contributed by atoms with E-state index < -0.39 is 12.1 Å². The number of amides is 1. The first-order chi connectivity index (χ1) is 15.1. The van der Waals surface area contributed by atoms with Gasteiger partial charge in [-0.3, -0.25) is 4.90 Å². The second kappa shape index (κ2) is 9.25. The summed E-state index contributed by atoms with van der Waals surface area (Å²) < 4.78 is 16.2. The first-order valence-electron chi connectivity index (χ1n) is 10.6. The standard InChI is InChI=1S/C25H27NO5/c1-3-30-24(27)23-21-13-12-20(18-10-7-11-19(14-18)29-2)22(21)15-26(23)25(28)31-16-17-8-5-4-6-9-17/h4-12,14,21-23H,3,13,15-16H2,1-2H3/t21-,22+,23-/m0/s1. The first kappa shape index (κ1) is 21.0. The number of methoxy groups -OCH3 is 1. The Hall–Kier alpha value is -3.28. The number of carbonyl (C=O) groups excluding carboxylic acids is 2. The fraction of sp³-hybridized carbons (Fsp3) is 0.360. The highest BCUT2D eigenvalue weighted by Gasteiger charge is 2.52. The molecule has 1 fully saturated rings. The highest BCUT2D eigenvalue weighted by Crippen LogP contribution is 2.47. The van der Waals surface area contributed by atoms with E-state index >= 15 is 0 Å². The van der Waals surface area contributed by atoms with Crippen LogP contribution in [0.2, 0.25) is 0 Å². The number of hydrogen-bond donors (Lipinski definition) is 0. The van der Waals surface area contributed by atoms with Crippen LogP contribution >= 0.6 is 0 Å². The number of benzene rings is 2. The normalized spacial score (nSPS) is 21.9. The highest BCUT2D eigenvalue weighted by atomic mass is 16.6. The minimum absolute atomic E-state index is 0.0236. The molecule has 0 bridgehead atoms. The van der Waals surface area contributed by atoms with Gasteiger partial charge < -0.3 is 14.2 Å². The van der Waals surface area contributed by atoms with Crippen LogP contribution in [0.5, 0.6) is 5.75 Å². The smallest absolute Gasteiger partial charge is 0.410 e. The quantitative estimate of drug-likeness (QED) is 0.651. The van der Waals surface area contributed by atoms with Crippen molar-refractivity contribution in [2.75, 3.05) is 20.3 Å². The molecule has 1 saturated heterocycles. The lowest BCUT2D eigenvalue weighted by molar-refractivity contribution is -0.149. The Kier molecular flexibility index (Phi) is 6.26. The Bertz CT molecular complexity index is 971. The number of fused-ring (bicyclic) bond motifs is 1. The van der Waals surface area contributed by atoms with Gasteiger partial charge in [-0.25, -0.2) is 9.59 Å². The van der Waals surface area contributed by atoms with E-state index in [1.807, 2.05) is 54.6 Å². The molecule has 2 aliphatic rings. The molecule has 1 aliphatic carbocycles. The van der Waals surface area contributed by atoms with Crippen molar-refractivity contribution in [3.05, 3.63) is 71.8 Å². The molecule has 0 saturated carbocycles. The molecule has 0 radical (unpaired) electrons. The lowest BCUT2D eigenvalue weighted by atomic mass is 9.87. The summed E-state index contributed by atoms with van der Waals surface area (Å²) in [6.07, 6.45) is 2.40. The van der Waals surface area contributed by atoms with Crippen LogP contribution in [0.25, 0.3) is 5.57 Å². The average Bonchev–Trinajstić information content (AvgIpc) is 3.37. The van der Waals surface area contributed by atoms with Crippen LogP contribution in [-0.2, 0) is 20.9 Å². The molecule has 3 atom stereocenters. The fourth-order valence-electron chi connectivity index (χ4n) is 4.60. The van der Waals surface area contributed by atoms with E-state index in [0.29, 0.717) is 13.0 Å². The van der Waals surface area contributed by atoms with E-state index in [9.17, 15) is 9.59 Å². The van der Waals surface area contributed by atoms with E-state index in [-0.39, 0.29) is 31.0 Å². The molecule has 162 valence electrons. The molecule has 0 spiro atoms. The molecule has 1 aliphatic heterocycles. The number of ether oxygens (including phenoxy) is 3. The van der Waals surface area contributed by atoms with Gasteiger partial charge in [0.15, 0.2) is 0 Å². The van der Waals surface area contributed by atoms with Gasteiger partial charge in [-0.1, -0.05) is 48.5 Å². The van der Waals surface area contributed by atoms with Gasteiger partial charge in [-0.15, -0.1) is 0 Å². The molecule has 2 aromatic rings. The molecule has 1 heterocycles. The van der Waals surface area contributed by atoms with Crippen molar-refractivity contribution in [1.82, 2.24) is 4.90 Å². The molecule has 6 heteroatoms. The minimum atomic E-state index is -0.646. The summed E-state index contributed by atoms with van der Waals surface area (Å²) in [4.78, 5) is 27.3. The highest BCUT2D eigenvalue weighted by molar-refractivity contribution is 5.85. The molecule has 4 rings (SSSR count). The Balaban J connectivity index is 1.54. The molecule has 2 aromatic carbocycles. The van der Waals surface area contributed by atoms with Crippen LogP contribution in [0.4, 0.5) is 4.79 Å². The zero-order valence-corrected chi connectivity index (χ0v) is 17.8. The Morgan fingerprint density at radius 2 is 1.87 bits per heavy atom. The van der Waals surface area contributed by atoms with E-state index in [4.69, 9.17) is 14.2 Å². The second-order valence-corrected chi connectivity index (χ2v) is 7.79. The number of nitrogens with zero attached hydrogens (tertiary/aromatic N) is 1. The summed E-state index contributed by atoms with van der Waals surface area (Å²) >= 11 is 0. The first-order valence-corrected chi connectivity index (χ1v) is 10.6. The molecular formula is C25H27NO5. The molecule has 1 amide bonds. The summed E-state index contributed by atoms with van der Waals surface area (Å²) in [5.74, 6) is 0.434. The van der Waals surface area contributed by atoms with Gasteiger partial charge in [0.2, 0.25) is 0 Å². The number of esters is 1. The lowest BCUT2D eigenvalue weighted by Gasteiger charge is -2.25. The van der Waals surface area contributed by atoms with Gasteiger partial charge in [-0.2, -0.15) is 0 Å². The third-order valence-corrected chi connectivity index (χ3v) is 6.03. The Labute approximate surface area is 182 Å². The van der Waals surface area contributed by atoms with E-state index in [1.54, 1.807) is 18.9 Å². The largest absolute Gasteiger partial charge is 0.497 e. The van der Waals surface area contributed by atoms with Crippen molar-refractivity contribution in [3.8, 4) is 5.75 Å². The maximum Gasteiger partial charge on any atom is 0.410 e. The molecule has 6 nitrogen and oxygen atoms in total. The summed E-state index contributed by atoms with van der Waals surface area (Å²) in [6, 6.07) is 16.7. The van der Waals surface area contributed by atoms with Crippen LogP contribution in [-0.4, -0.2) is 43.3 Å². The van der Waals surface area contributed by atoms with Crippen molar-refractivity contribution in [2.45, 2.75) is 26.0 Å².